The van der Waals surface area contributed by atoms with Gasteiger partial charge in [-0.3, -0.25) is 10.1 Å². The maximum absolute atomic E-state index is 11.6. The van der Waals surface area contributed by atoms with E-state index in [-0.39, 0.29) is 18.0 Å². The molecule has 15 heavy (non-hydrogen) atoms. The molecule has 0 bridgehead atoms. The fourth-order valence-corrected chi connectivity index (χ4v) is 2.10. The van der Waals surface area contributed by atoms with Crippen LogP contribution in [0.5, 0.6) is 0 Å². The highest BCUT2D eigenvalue weighted by molar-refractivity contribution is 5.97. The van der Waals surface area contributed by atoms with Gasteiger partial charge >= 0.3 is 6.03 Å². The van der Waals surface area contributed by atoms with E-state index in [9.17, 15) is 9.59 Å². The number of hydrogen-bond donors (Lipinski definition) is 2. The van der Waals surface area contributed by atoms with Crippen molar-refractivity contribution in [1.82, 2.24) is 15.5 Å². The average molecular weight is 211 g/mol. The highest BCUT2D eigenvalue weighted by Crippen LogP contribution is 2.08. The normalized spacial score (nSPS) is 25.6. The molecule has 0 spiro atoms. The molecule has 2 aliphatic rings. The summed E-state index contributed by atoms with van der Waals surface area (Å²) < 4.78 is 0. The van der Waals surface area contributed by atoms with Crippen molar-refractivity contribution in [2.75, 3.05) is 19.6 Å². The quantitative estimate of drug-likeness (QED) is 0.645. The average Bonchev–Trinajstić information content (AvgIpc) is 2.91. The molecule has 0 aromatic heterocycles. The van der Waals surface area contributed by atoms with Crippen molar-refractivity contribution in [3.8, 4) is 0 Å². The number of nitrogens with zero attached hydrogens (tertiary/aromatic N) is 1. The summed E-state index contributed by atoms with van der Waals surface area (Å²) >= 11 is 0. The number of carbonyl (C=O) groups is 2. The Bertz CT molecular complexity index is 229. The third-order valence-electron chi connectivity index (χ3n) is 3.00. The first kappa shape index (κ1) is 10.4. The summed E-state index contributed by atoms with van der Waals surface area (Å²) in [7, 11) is 0. The largest absolute Gasteiger partial charge is 0.324 e. The number of amides is 3. The molecule has 0 aromatic rings. The van der Waals surface area contributed by atoms with Crippen LogP contribution in [0.4, 0.5) is 4.79 Å². The van der Waals surface area contributed by atoms with Gasteiger partial charge in [0.15, 0.2) is 0 Å². The Balaban J connectivity index is 1.79. The van der Waals surface area contributed by atoms with E-state index in [1.165, 1.54) is 0 Å². The van der Waals surface area contributed by atoms with Gasteiger partial charge in [-0.2, -0.15) is 0 Å². The highest BCUT2D eigenvalue weighted by Gasteiger charge is 2.26. The highest BCUT2D eigenvalue weighted by atomic mass is 16.2. The van der Waals surface area contributed by atoms with Crippen LogP contribution in [-0.4, -0.2) is 42.5 Å². The lowest BCUT2D eigenvalue weighted by Gasteiger charge is -2.17. The van der Waals surface area contributed by atoms with Crippen molar-refractivity contribution < 1.29 is 9.59 Å². The van der Waals surface area contributed by atoms with Crippen LogP contribution in [0.3, 0.4) is 0 Å². The van der Waals surface area contributed by atoms with Gasteiger partial charge in [-0.1, -0.05) is 0 Å². The lowest BCUT2D eigenvalue weighted by Crippen LogP contribution is -2.48. The number of urea groups is 1. The first-order valence-corrected chi connectivity index (χ1v) is 5.60. The number of hydrogen-bond acceptors (Lipinski definition) is 3. The molecule has 2 aliphatic heterocycles. The van der Waals surface area contributed by atoms with E-state index in [2.05, 4.69) is 10.6 Å². The topological polar surface area (TPSA) is 61.4 Å². The van der Waals surface area contributed by atoms with Gasteiger partial charge in [-0.15, -0.1) is 0 Å². The first-order valence-electron chi connectivity index (χ1n) is 5.60. The first-order chi connectivity index (χ1) is 7.27. The Morgan fingerprint density at radius 2 is 1.93 bits per heavy atom. The second-order valence-corrected chi connectivity index (χ2v) is 4.14. The van der Waals surface area contributed by atoms with Gasteiger partial charge in [-0.05, 0) is 32.2 Å². The van der Waals surface area contributed by atoms with Crippen molar-refractivity contribution in [3.05, 3.63) is 0 Å². The minimum atomic E-state index is -0.230. The maximum Gasteiger partial charge on any atom is 0.324 e. The third-order valence-corrected chi connectivity index (χ3v) is 3.00. The number of rotatable bonds is 1. The second kappa shape index (κ2) is 4.61. The predicted molar refractivity (Wildman–Crippen MR) is 55.4 cm³/mol. The van der Waals surface area contributed by atoms with Crippen LogP contribution in [0.1, 0.15) is 25.7 Å². The Morgan fingerprint density at radius 3 is 2.53 bits per heavy atom. The standard InChI is InChI=1S/C10H17N3O2/c14-9(8-4-3-5-11-8)12-10(15)13-6-1-2-7-13/h8,11H,1-7H2,(H,12,14,15)/t8-/m0/s1. The van der Waals surface area contributed by atoms with E-state index >= 15 is 0 Å². The van der Waals surface area contributed by atoms with E-state index in [1.807, 2.05) is 0 Å². The molecular formula is C10H17N3O2. The second-order valence-electron chi connectivity index (χ2n) is 4.14. The molecule has 5 nitrogen and oxygen atoms in total. The van der Waals surface area contributed by atoms with Crippen LogP contribution in [0.25, 0.3) is 0 Å². The van der Waals surface area contributed by atoms with Crippen molar-refractivity contribution in [3.63, 3.8) is 0 Å². The molecule has 2 heterocycles. The van der Waals surface area contributed by atoms with Crippen LogP contribution in [-0.2, 0) is 4.79 Å². The number of imide groups is 1. The molecule has 0 aromatic carbocycles. The van der Waals surface area contributed by atoms with E-state index in [1.54, 1.807) is 4.90 Å². The van der Waals surface area contributed by atoms with Crippen LogP contribution in [0.2, 0.25) is 0 Å². The van der Waals surface area contributed by atoms with Crippen molar-refractivity contribution in [2.45, 2.75) is 31.7 Å². The van der Waals surface area contributed by atoms with Gasteiger partial charge in [0.05, 0.1) is 6.04 Å². The number of likely N-dealkylation sites (tertiary alicyclic amines) is 1. The molecule has 2 saturated heterocycles. The van der Waals surface area contributed by atoms with E-state index in [0.717, 1.165) is 45.3 Å². The molecule has 0 unspecified atom stereocenters. The number of nitrogens with one attached hydrogen (secondary N) is 2. The van der Waals surface area contributed by atoms with Crippen LogP contribution >= 0.6 is 0 Å². The predicted octanol–water partition coefficient (Wildman–Crippen LogP) is 0.0704. The monoisotopic (exact) mass is 211 g/mol. The summed E-state index contributed by atoms with van der Waals surface area (Å²) in [5.74, 6) is -0.176. The molecule has 0 aliphatic carbocycles. The molecule has 3 amide bonds. The summed E-state index contributed by atoms with van der Waals surface area (Å²) in [5, 5.41) is 5.52. The molecule has 2 N–H and O–H groups in total. The van der Waals surface area contributed by atoms with Crippen molar-refractivity contribution in [2.24, 2.45) is 0 Å². The zero-order valence-corrected chi connectivity index (χ0v) is 8.79. The van der Waals surface area contributed by atoms with Crippen LogP contribution in [0.15, 0.2) is 0 Å². The molecule has 84 valence electrons. The number of carbonyl (C=O) groups excluding carboxylic acids is 2. The van der Waals surface area contributed by atoms with Gasteiger partial charge in [0.1, 0.15) is 0 Å². The van der Waals surface area contributed by atoms with Crippen LogP contribution < -0.4 is 10.6 Å². The molecular weight excluding hydrogens is 194 g/mol. The fourth-order valence-electron chi connectivity index (χ4n) is 2.10. The van der Waals surface area contributed by atoms with Crippen molar-refractivity contribution in [1.29, 1.82) is 0 Å². The minimum Gasteiger partial charge on any atom is -0.324 e. The summed E-state index contributed by atoms with van der Waals surface area (Å²) in [6, 6.07) is -0.400. The fraction of sp³-hybridized carbons (Fsp3) is 0.800. The summed E-state index contributed by atoms with van der Waals surface area (Å²) in [6.07, 6.45) is 3.93. The Labute approximate surface area is 89.2 Å². The maximum atomic E-state index is 11.6. The molecule has 2 rings (SSSR count). The molecule has 0 saturated carbocycles. The zero-order valence-electron chi connectivity index (χ0n) is 8.79. The van der Waals surface area contributed by atoms with Gasteiger partial charge in [0.25, 0.3) is 0 Å². The minimum absolute atomic E-state index is 0.170. The Kier molecular flexibility index (Phi) is 3.20. The van der Waals surface area contributed by atoms with E-state index in [0.29, 0.717) is 0 Å². The van der Waals surface area contributed by atoms with Gasteiger partial charge < -0.3 is 10.2 Å². The summed E-state index contributed by atoms with van der Waals surface area (Å²) in [5.41, 5.74) is 0. The SMILES string of the molecule is O=C(NC(=O)N1CCCC1)[C@@H]1CCCN1. The lowest BCUT2D eigenvalue weighted by molar-refractivity contribution is -0.121. The summed E-state index contributed by atoms with van der Waals surface area (Å²) in [6.45, 7) is 2.42. The molecule has 2 fully saturated rings. The Morgan fingerprint density at radius 1 is 1.20 bits per heavy atom. The van der Waals surface area contributed by atoms with E-state index < -0.39 is 0 Å². The van der Waals surface area contributed by atoms with Crippen LogP contribution in [0, 0.1) is 0 Å². The lowest BCUT2D eigenvalue weighted by atomic mass is 10.2. The molecule has 5 heteroatoms. The zero-order chi connectivity index (χ0) is 10.7. The molecule has 0 radical (unpaired) electrons. The van der Waals surface area contributed by atoms with Gasteiger partial charge in [-0.25, -0.2) is 4.79 Å². The smallest absolute Gasteiger partial charge is 0.324 e. The summed E-state index contributed by atoms with van der Waals surface area (Å²) in [4.78, 5) is 24.9. The van der Waals surface area contributed by atoms with E-state index in [4.69, 9.17) is 0 Å². The van der Waals surface area contributed by atoms with Gasteiger partial charge in [0.2, 0.25) is 5.91 Å². The van der Waals surface area contributed by atoms with Gasteiger partial charge in [0, 0.05) is 13.1 Å². The van der Waals surface area contributed by atoms with Crippen molar-refractivity contribution >= 4 is 11.9 Å². The molecule has 1 atom stereocenters. The Hall–Kier alpha value is -1.10. The third kappa shape index (κ3) is 2.47.